The van der Waals surface area contributed by atoms with E-state index < -0.39 is 35.4 Å². The highest BCUT2D eigenvalue weighted by Gasteiger charge is 2.49. The summed E-state index contributed by atoms with van der Waals surface area (Å²) < 4.78 is 12.3. The van der Waals surface area contributed by atoms with Gasteiger partial charge in [-0.2, -0.15) is 0 Å². The summed E-state index contributed by atoms with van der Waals surface area (Å²) in [6.07, 6.45) is 1.42. The van der Waals surface area contributed by atoms with Crippen LogP contribution in [0, 0.1) is 24.2 Å². The Hall–Kier alpha value is -2.29. The van der Waals surface area contributed by atoms with Crippen LogP contribution < -0.4 is 0 Å². The first-order valence-electron chi connectivity index (χ1n) is 13.6. The van der Waals surface area contributed by atoms with Crippen LogP contribution in [0.15, 0.2) is 53.8 Å². The molecule has 7 heteroatoms. The van der Waals surface area contributed by atoms with Gasteiger partial charge in [0.15, 0.2) is 11.9 Å². The Bertz CT molecular complexity index is 974. The molecule has 7 nitrogen and oxygen atoms in total. The lowest BCUT2D eigenvalue weighted by Gasteiger charge is -2.31. The molecule has 1 aliphatic heterocycles. The molecule has 0 radical (unpaired) electrons. The number of allylic oxidation sites excluding steroid dienone is 3. The number of benzene rings is 1. The molecule has 0 amide bonds. The first-order valence-corrected chi connectivity index (χ1v) is 13.6. The number of ketones is 1. The van der Waals surface area contributed by atoms with Crippen molar-refractivity contribution in [2.24, 2.45) is 17.3 Å². The Morgan fingerprint density at radius 2 is 1.68 bits per heavy atom. The first-order chi connectivity index (χ1) is 18.0. The third-order valence-electron chi connectivity index (χ3n) is 6.02. The van der Waals surface area contributed by atoms with E-state index in [-0.39, 0.29) is 0 Å². The van der Waals surface area contributed by atoms with Crippen molar-refractivity contribution in [2.75, 3.05) is 20.3 Å². The summed E-state index contributed by atoms with van der Waals surface area (Å²) in [5.74, 6) is 0.354. The highest BCUT2D eigenvalue weighted by molar-refractivity contribution is 5.91. The molecule has 1 aromatic carbocycles. The predicted molar refractivity (Wildman–Crippen MR) is 151 cm³/mol. The average Bonchev–Trinajstić information content (AvgIpc) is 3.09. The van der Waals surface area contributed by atoms with Crippen molar-refractivity contribution in [1.82, 2.24) is 0 Å². The Morgan fingerprint density at radius 3 is 2.26 bits per heavy atom. The molecule has 0 aromatic heterocycles. The number of carbonyl (C=O) groups excluding carboxylic acids is 1. The lowest BCUT2D eigenvalue weighted by atomic mass is 9.88. The van der Waals surface area contributed by atoms with E-state index in [9.17, 15) is 15.0 Å². The van der Waals surface area contributed by atoms with Crippen LogP contribution in [-0.4, -0.2) is 54.6 Å². The molecule has 1 heterocycles. The van der Waals surface area contributed by atoms with E-state index in [0.29, 0.717) is 36.2 Å². The lowest BCUT2D eigenvalue weighted by Crippen LogP contribution is -2.33. The molecule has 2 aliphatic rings. The second-order valence-electron chi connectivity index (χ2n) is 9.99. The number of aliphatic hydroxyl groups excluding tert-OH is 2. The molecule has 0 saturated heterocycles. The van der Waals surface area contributed by atoms with Gasteiger partial charge in [0.1, 0.15) is 17.6 Å². The Balaban J connectivity index is 0.00000172. The van der Waals surface area contributed by atoms with Crippen molar-refractivity contribution in [3.63, 3.8) is 0 Å². The van der Waals surface area contributed by atoms with Gasteiger partial charge in [-0.25, -0.2) is 9.78 Å². The number of rotatable bonds is 9. The zero-order chi connectivity index (χ0) is 29.0. The number of ether oxygens (including phenoxy) is 2. The normalized spacial score (nSPS) is 24.1. The minimum absolute atomic E-state index is 0.415. The van der Waals surface area contributed by atoms with E-state index in [4.69, 9.17) is 14.4 Å². The highest BCUT2D eigenvalue weighted by atomic mass is 17.2. The number of aryl methyl sites for hydroxylation is 1. The van der Waals surface area contributed by atoms with Gasteiger partial charge < -0.3 is 19.7 Å². The van der Waals surface area contributed by atoms with Crippen molar-refractivity contribution in [2.45, 2.75) is 80.6 Å². The van der Waals surface area contributed by atoms with Crippen LogP contribution >= 0.6 is 0 Å². The van der Waals surface area contributed by atoms with Crippen molar-refractivity contribution < 1.29 is 34.3 Å². The zero-order valence-electron chi connectivity index (χ0n) is 24.8. The minimum Gasteiger partial charge on any atom is -0.460 e. The van der Waals surface area contributed by atoms with Crippen LogP contribution in [0.4, 0.5) is 0 Å². The number of Topliss-reactive ketones (excluding diaryl/α,β-unsaturated/α-hetero) is 1. The van der Waals surface area contributed by atoms with Crippen LogP contribution in [0.3, 0.4) is 0 Å². The maximum atomic E-state index is 12.8. The summed E-state index contributed by atoms with van der Waals surface area (Å²) in [5.41, 5.74) is 2.22. The van der Waals surface area contributed by atoms with Crippen molar-refractivity contribution in [3.05, 3.63) is 65.0 Å². The molecule has 3 rings (SSSR count). The van der Waals surface area contributed by atoms with E-state index in [2.05, 4.69) is 18.7 Å². The average molecular weight is 533 g/mol. The van der Waals surface area contributed by atoms with Gasteiger partial charge in [0.05, 0.1) is 25.7 Å². The molecule has 38 heavy (non-hydrogen) atoms. The van der Waals surface area contributed by atoms with E-state index in [1.54, 1.807) is 6.08 Å². The molecule has 0 bridgehead atoms. The van der Waals surface area contributed by atoms with Gasteiger partial charge in [-0.1, -0.05) is 85.7 Å². The van der Waals surface area contributed by atoms with E-state index >= 15 is 0 Å². The molecule has 1 saturated carbocycles. The summed E-state index contributed by atoms with van der Waals surface area (Å²) >= 11 is 0. The summed E-state index contributed by atoms with van der Waals surface area (Å²) in [5, 5.41) is 20.8. The maximum Gasteiger partial charge on any atom is 0.180 e. The van der Waals surface area contributed by atoms with Crippen molar-refractivity contribution >= 4 is 11.5 Å². The smallest absolute Gasteiger partial charge is 0.180 e. The molecule has 1 aromatic rings. The van der Waals surface area contributed by atoms with Gasteiger partial charge in [0, 0.05) is 17.6 Å². The third kappa shape index (κ3) is 8.61. The van der Waals surface area contributed by atoms with Gasteiger partial charge in [-0.15, -0.1) is 0 Å². The number of carbonyl (C=O) groups is 1. The summed E-state index contributed by atoms with van der Waals surface area (Å²) in [7, 11) is 1.26. The summed E-state index contributed by atoms with van der Waals surface area (Å²) in [4.78, 5) is 22.3. The molecule has 1 fully saturated rings. The van der Waals surface area contributed by atoms with Gasteiger partial charge >= 0.3 is 0 Å². The molecule has 4 unspecified atom stereocenters. The van der Waals surface area contributed by atoms with Crippen LogP contribution in [0.1, 0.15) is 66.5 Å². The minimum atomic E-state index is -1.38. The van der Waals surface area contributed by atoms with Crippen molar-refractivity contribution in [1.29, 1.82) is 0 Å². The first kappa shape index (κ1) is 33.7. The number of hydrogen-bond acceptors (Lipinski definition) is 7. The second-order valence-corrected chi connectivity index (χ2v) is 9.99. The van der Waals surface area contributed by atoms with E-state index in [0.717, 1.165) is 11.1 Å². The fourth-order valence-corrected chi connectivity index (χ4v) is 4.07. The molecular weight excluding hydrogens is 484 g/mol. The Morgan fingerprint density at radius 1 is 1.05 bits per heavy atom. The van der Waals surface area contributed by atoms with Crippen LogP contribution in [0.2, 0.25) is 0 Å². The molecule has 4 atom stereocenters. The van der Waals surface area contributed by atoms with Crippen molar-refractivity contribution in [3.8, 4) is 0 Å². The third-order valence-corrected chi connectivity index (χ3v) is 6.02. The van der Waals surface area contributed by atoms with E-state index in [1.165, 1.54) is 7.11 Å². The second kappa shape index (κ2) is 16.0. The van der Waals surface area contributed by atoms with Crippen LogP contribution in [0.25, 0.3) is 5.76 Å². The molecular formula is C31H48O7. The number of hydrogen-bond donors (Lipinski definition) is 2. The standard InChI is InChI=1S/C27H36O7.2C2H6/c1-16(2)14-32-15-27(4,5)22-13-18(12-21(33-22)19-10-8-7-9-17(19)3)11-20-23(28)25(30)26(24(20)29)34-31-6;2*1-2/h7-13,16,20,23,25-26,28,30H,14-15H2,1-6H3;2*1-2H3. The summed E-state index contributed by atoms with van der Waals surface area (Å²) in [6.45, 7) is 19.4. The maximum absolute atomic E-state index is 12.8. The molecule has 0 spiro atoms. The highest BCUT2D eigenvalue weighted by Crippen LogP contribution is 2.39. The largest absolute Gasteiger partial charge is 0.460 e. The van der Waals surface area contributed by atoms with Gasteiger partial charge in [-0.05, 0) is 36.1 Å². The van der Waals surface area contributed by atoms with Gasteiger partial charge in [-0.3, -0.25) is 4.79 Å². The van der Waals surface area contributed by atoms with Crippen LogP contribution in [0.5, 0.6) is 0 Å². The topological polar surface area (TPSA) is 94.5 Å². The fraction of sp³-hybridized carbons (Fsp3) is 0.581. The lowest BCUT2D eigenvalue weighted by molar-refractivity contribution is -0.309. The molecule has 214 valence electrons. The van der Waals surface area contributed by atoms with E-state index in [1.807, 2.05) is 84.9 Å². The molecule has 2 N–H and O–H groups in total. The summed E-state index contributed by atoms with van der Waals surface area (Å²) in [6, 6.07) is 7.89. The van der Waals surface area contributed by atoms with Crippen LogP contribution in [-0.2, 0) is 24.0 Å². The Labute approximate surface area is 229 Å². The Kier molecular flexibility index (Phi) is 14.2. The number of aliphatic hydroxyl groups is 2. The molecule has 1 aliphatic carbocycles. The zero-order valence-corrected chi connectivity index (χ0v) is 24.8. The van der Waals surface area contributed by atoms with Gasteiger partial charge in [0.25, 0.3) is 0 Å². The monoisotopic (exact) mass is 532 g/mol. The predicted octanol–water partition coefficient (Wildman–Crippen LogP) is 5.79. The van der Waals surface area contributed by atoms with Gasteiger partial charge in [0.2, 0.25) is 0 Å². The SMILES string of the molecule is CC.CC.COOC1C(=O)C(C=C2C=C(c3ccccc3C)OC(C(C)(C)COCC(C)C)=C2)C(O)C1O. The fourth-order valence-electron chi connectivity index (χ4n) is 4.07. The quantitative estimate of drug-likeness (QED) is 0.307.